The molecule has 1 atom stereocenters. The van der Waals surface area contributed by atoms with Gasteiger partial charge in [-0.15, -0.1) is 0 Å². The molecule has 6 nitrogen and oxygen atoms in total. The Morgan fingerprint density at radius 1 is 0.328 bits per heavy atom. The average molecular weight is 841 g/mol. The maximum Gasteiger partial charge on any atom is 0.306 e. The summed E-state index contributed by atoms with van der Waals surface area (Å²) in [6.07, 6.45) is 67.3. The van der Waals surface area contributed by atoms with Crippen molar-refractivity contribution in [3.8, 4) is 0 Å². The third-order valence-corrected chi connectivity index (χ3v) is 9.13. The first-order valence-electron chi connectivity index (χ1n) is 23.7. The lowest BCUT2D eigenvalue weighted by molar-refractivity contribution is -0.167. The van der Waals surface area contributed by atoms with Crippen LogP contribution in [0.2, 0.25) is 0 Å². The molecular weight excluding hydrogens is 757 g/mol. The molecule has 0 amide bonds. The number of carbonyl (C=O) groups is 3. The Labute approximate surface area is 373 Å². The fourth-order valence-electron chi connectivity index (χ4n) is 5.68. The Hall–Kier alpha value is -4.45. The molecule has 0 saturated heterocycles. The van der Waals surface area contributed by atoms with Crippen LogP contribution in [-0.4, -0.2) is 37.2 Å². The predicted octanol–water partition coefficient (Wildman–Crippen LogP) is 15.5. The van der Waals surface area contributed by atoms with Crippen LogP contribution in [-0.2, 0) is 28.6 Å². The smallest absolute Gasteiger partial charge is 0.306 e. The van der Waals surface area contributed by atoms with Gasteiger partial charge in [0.2, 0.25) is 0 Å². The van der Waals surface area contributed by atoms with Crippen LogP contribution in [0.25, 0.3) is 0 Å². The van der Waals surface area contributed by atoms with Crippen molar-refractivity contribution >= 4 is 17.9 Å². The van der Waals surface area contributed by atoms with Crippen molar-refractivity contribution in [1.29, 1.82) is 0 Å². The summed E-state index contributed by atoms with van der Waals surface area (Å²) in [5.41, 5.74) is 0. The second-order valence-corrected chi connectivity index (χ2v) is 14.9. The van der Waals surface area contributed by atoms with Crippen molar-refractivity contribution in [2.45, 2.75) is 181 Å². The summed E-state index contributed by atoms with van der Waals surface area (Å²) in [5.74, 6) is -1.06. The number of esters is 3. The van der Waals surface area contributed by atoms with E-state index in [2.05, 4.69) is 154 Å². The minimum Gasteiger partial charge on any atom is -0.462 e. The van der Waals surface area contributed by atoms with Gasteiger partial charge in [0.25, 0.3) is 0 Å². The lowest BCUT2D eigenvalue weighted by Gasteiger charge is -2.18. The molecule has 0 fully saturated rings. The molecule has 0 spiro atoms. The maximum absolute atomic E-state index is 12.7. The molecule has 0 aliphatic heterocycles. The lowest BCUT2D eigenvalue weighted by Crippen LogP contribution is -2.30. The second-order valence-electron chi connectivity index (χ2n) is 14.9. The van der Waals surface area contributed by atoms with Gasteiger partial charge in [-0.2, -0.15) is 0 Å². The van der Waals surface area contributed by atoms with Crippen LogP contribution in [0, 0.1) is 0 Å². The monoisotopic (exact) mass is 841 g/mol. The third-order valence-electron chi connectivity index (χ3n) is 9.13. The Morgan fingerprint density at radius 2 is 0.607 bits per heavy atom. The normalized spacial score (nSPS) is 13.3. The summed E-state index contributed by atoms with van der Waals surface area (Å²) in [6.45, 7) is 6.15. The van der Waals surface area contributed by atoms with Crippen LogP contribution in [0.15, 0.2) is 134 Å². The lowest BCUT2D eigenvalue weighted by atomic mass is 10.1. The molecule has 0 aliphatic carbocycles. The van der Waals surface area contributed by atoms with Crippen molar-refractivity contribution < 1.29 is 28.6 Å². The van der Waals surface area contributed by atoms with Crippen molar-refractivity contribution in [3.63, 3.8) is 0 Å². The predicted molar refractivity (Wildman–Crippen MR) is 260 cm³/mol. The largest absolute Gasteiger partial charge is 0.462 e. The van der Waals surface area contributed by atoms with Crippen molar-refractivity contribution in [2.24, 2.45) is 0 Å². The van der Waals surface area contributed by atoms with E-state index >= 15 is 0 Å². The first-order valence-corrected chi connectivity index (χ1v) is 23.7. The summed E-state index contributed by atoms with van der Waals surface area (Å²) in [4.78, 5) is 37.8. The van der Waals surface area contributed by atoms with Gasteiger partial charge in [-0.25, -0.2) is 0 Å². The highest BCUT2D eigenvalue weighted by molar-refractivity contribution is 5.71. The van der Waals surface area contributed by atoms with Crippen LogP contribution in [0.1, 0.15) is 175 Å². The molecule has 0 heterocycles. The van der Waals surface area contributed by atoms with Crippen molar-refractivity contribution in [2.75, 3.05) is 13.2 Å². The van der Waals surface area contributed by atoms with E-state index < -0.39 is 6.10 Å². The highest BCUT2D eigenvalue weighted by Gasteiger charge is 2.19. The van der Waals surface area contributed by atoms with Gasteiger partial charge in [0, 0.05) is 19.3 Å². The van der Waals surface area contributed by atoms with Gasteiger partial charge < -0.3 is 14.2 Å². The van der Waals surface area contributed by atoms with Crippen LogP contribution >= 0.6 is 0 Å². The number of allylic oxidation sites excluding steroid dienone is 22. The number of hydrogen-bond acceptors (Lipinski definition) is 6. The summed E-state index contributed by atoms with van der Waals surface area (Å²) >= 11 is 0. The van der Waals surface area contributed by atoms with Crippen LogP contribution in [0.5, 0.6) is 0 Å². The molecule has 6 heteroatoms. The number of carbonyl (C=O) groups excluding carboxylic acids is 3. The molecule has 0 N–H and O–H groups in total. The van der Waals surface area contributed by atoms with Crippen LogP contribution < -0.4 is 0 Å². The Balaban J connectivity index is 4.59. The van der Waals surface area contributed by atoms with E-state index in [4.69, 9.17) is 14.2 Å². The van der Waals surface area contributed by atoms with E-state index in [-0.39, 0.29) is 50.4 Å². The van der Waals surface area contributed by atoms with E-state index in [1.165, 1.54) is 0 Å². The average Bonchev–Trinajstić information content (AvgIpc) is 3.26. The Kier molecular flexibility index (Phi) is 44.7. The van der Waals surface area contributed by atoms with Crippen molar-refractivity contribution in [3.05, 3.63) is 134 Å². The highest BCUT2D eigenvalue weighted by Crippen LogP contribution is 2.11. The number of ether oxygens (including phenoxy) is 3. The number of rotatable bonds is 40. The highest BCUT2D eigenvalue weighted by atomic mass is 16.6. The van der Waals surface area contributed by atoms with E-state index in [1.54, 1.807) is 0 Å². The van der Waals surface area contributed by atoms with E-state index in [0.717, 1.165) is 122 Å². The molecular formula is C55H84O6. The standard InChI is InChI=1S/C55H84O6/c1-4-7-10-13-16-19-22-25-27-28-29-31-33-36-39-42-45-48-54(57)60-51-52(50-59-53(56)47-44-41-38-35-32-24-21-18-15-12-9-6-3)61-55(58)49-46-43-40-37-34-30-26-23-20-17-14-11-8-5-2/h7-12,16-21,25-27,29-32,35-36,39,52H,4-6,13-15,22-24,28,33-34,37-38,40-51H2,1-3H3/b10-7-,11-8-,12-9-,19-16-,20-17-,21-18-,27-25-,30-26-,31-29-,35-32-,39-36-. The summed E-state index contributed by atoms with van der Waals surface area (Å²) in [5, 5.41) is 0. The maximum atomic E-state index is 12.7. The van der Waals surface area contributed by atoms with Crippen LogP contribution in [0.4, 0.5) is 0 Å². The molecule has 0 aromatic carbocycles. The molecule has 0 saturated carbocycles. The summed E-state index contributed by atoms with van der Waals surface area (Å²) < 4.78 is 16.6. The number of unbranched alkanes of at least 4 members (excludes halogenated alkanes) is 7. The van der Waals surface area contributed by atoms with E-state index in [9.17, 15) is 14.4 Å². The Bertz CT molecular complexity index is 1380. The van der Waals surface area contributed by atoms with Crippen molar-refractivity contribution in [1.82, 2.24) is 0 Å². The fourth-order valence-corrected chi connectivity index (χ4v) is 5.68. The zero-order valence-corrected chi connectivity index (χ0v) is 38.6. The van der Waals surface area contributed by atoms with Gasteiger partial charge in [0.15, 0.2) is 6.10 Å². The van der Waals surface area contributed by atoms with Gasteiger partial charge in [-0.3, -0.25) is 14.4 Å². The van der Waals surface area contributed by atoms with Gasteiger partial charge >= 0.3 is 17.9 Å². The molecule has 61 heavy (non-hydrogen) atoms. The van der Waals surface area contributed by atoms with Crippen LogP contribution in [0.3, 0.4) is 0 Å². The summed E-state index contributed by atoms with van der Waals surface area (Å²) in [6, 6.07) is 0. The van der Waals surface area contributed by atoms with Gasteiger partial charge in [-0.05, 0) is 122 Å². The van der Waals surface area contributed by atoms with E-state index in [1.807, 2.05) is 0 Å². The van der Waals surface area contributed by atoms with Gasteiger partial charge in [-0.1, -0.05) is 167 Å². The molecule has 0 aromatic heterocycles. The minimum absolute atomic E-state index is 0.130. The molecule has 0 rings (SSSR count). The zero-order valence-electron chi connectivity index (χ0n) is 38.6. The Morgan fingerprint density at radius 3 is 1.00 bits per heavy atom. The van der Waals surface area contributed by atoms with Gasteiger partial charge in [0.05, 0.1) is 0 Å². The van der Waals surface area contributed by atoms with E-state index in [0.29, 0.717) is 12.8 Å². The summed E-state index contributed by atoms with van der Waals surface area (Å²) in [7, 11) is 0. The zero-order chi connectivity index (χ0) is 44.4. The first kappa shape index (κ1) is 56.5. The quantitative estimate of drug-likeness (QED) is 0.0265. The van der Waals surface area contributed by atoms with Gasteiger partial charge in [0.1, 0.15) is 13.2 Å². The topological polar surface area (TPSA) is 78.9 Å². The fraction of sp³-hybridized carbons (Fsp3) is 0.545. The molecule has 0 bridgehead atoms. The molecule has 340 valence electrons. The minimum atomic E-state index is -0.832. The third kappa shape index (κ3) is 46.5. The second kappa shape index (κ2) is 48.2. The molecule has 1 unspecified atom stereocenters. The number of hydrogen-bond donors (Lipinski definition) is 0. The molecule has 0 aliphatic rings. The molecule has 0 radical (unpaired) electrons. The first-order chi connectivity index (χ1) is 30.0. The molecule has 0 aromatic rings. The SMILES string of the molecule is CC/C=C\C/C=C\C/C=C\C/C=C\C/C=C\CCCC(=O)OCC(COC(=O)CCCC/C=C\C/C=C\C/C=C\CC)OC(=O)CCCCCC/C=C\C/C=C\C/C=C\CC.